The summed E-state index contributed by atoms with van der Waals surface area (Å²) < 4.78 is 1.60. The van der Waals surface area contributed by atoms with E-state index >= 15 is 0 Å². The van der Waals surface area contributed by atoms with Gasteiger partial charge in [-0.05, 0) is 0 Å². The zero-order chi connectivity index (χ0) is 10.8. The summed E-state index contributed by atoms with van der Waals surface area (Å²) in [6, 6.07) is -0.0845. The van der Waals surface area contributed by atoms with Gasteiger partial charge in [0.2, 0.25) is 5.91 Å². The molecule has 1 fully saturated rings. The third-order valence-electron chi connectivity index (χ3n) is 2.42. The van der Waals surface area contributed by atoms with E-state index in [1.165, 1.54) is 0 Å². The van der Waals surface area contributed by atoms with E-state index in [-0.39, 0.29) is 18.6 Å². The fourth-order valence-corrected chi connectivity index (χ4v) is 1.70. The molecule has 0 saturated carbocycles. The second-order valence-electron chi connectivity index (χ2n) is 3.65. The summed E-state index contributed by atoms with van der Waals surface area (Å²) in [6.07, 6.45) is 3.75. The lowest BCUT2D eigenvalue weighted by Gasteiger charge is -2.12. The first-order chi connectivity index (χ1) is 7.20. The second kappa shape index (κ2) is 4.00. The minimum Gasteiger partial charge on any atom is -0.394 e. The first kappa shape index (κ1) is 10.1. The highest BCUT2D eigenvalue weighted by Crippen LogP contribution is 2.19. The van der Waals surface area contributed by atoms with Gasteiger partial charge in [0.15, 0.2) is 0 Å². The van der Waals surface area contributed by atoms with Crippen LogP contribution in [0.3, 0.4) is 0 Å². The van der Waals surface area contributed by atoms with Crippen LogP contribution in [0.25, 0.3) is 0 Å². The van der Waals surface area contributed by atoms with Gasteiger partial charge in [-0.2, -0.15) is 5.10 Å². The quantitative estimate of drug-likeness (QED) is 0.666. The third-order valence-corrected chi connectivity index (χ3v) is 2.42. The molecule has 0 aromatic carbocycles. The SMILES string of the molecule is NC1CC(=O)N(c2cnn(CCO)c2)C1. The van der Waals surface area contributed by atoms with Crippen molar-refractivity contribution in [3.05, 3.63) is 12.4 Å². The van der Waals surface area contributed by atoms with Crippen LogP contribution in [-0.4, -0.2) is 40.0 Å². The van der Waals surface area contributed by atoms with E-state index in [1.54, 1.807) is 22.0 Å². The molecule has 1 amide bonds. The largest absolute Gasteiger partial charge is 0.394 e. The minimum atomic E-state index is -0.0845. The molecule has 0 radical (unpaired) electrons. The maximum Gasteiger partial charge on any atom is 0.228 e. The van der Waals surface area contributed by atoms with Gasteiger partial charge in [0.1, 0.15) is 0 Å². The number of nitrogens with two attached hydrogens (primary N) is 1. The normalized spacial score (nSPS) is 21.3. The number of carbonyl (C=O) groups is 1. The van der Waals surface area contributed by atoms with Crippen LogP contribution >= 0.6 is 0 Å². The van der Waals surface area contributed by atoms with Crippen molar-refractivity contribution in [3.63, 3.8) is 0 Å². The third kappa shape index (κ3) is 2.00. The molecule has 3 N–H and O–H groups in total. The van der Waals surface area contributed by atoms with E-state index in [0.29, 0.717) is 19.5 Å². The molecule has 15 heavy (non-hydrogen) atoms. The van der Waals surface area contributed by atoms with Gasteiger partial charge in [0, 0.05) is 25.2 Å². The Bertz CT molecular complexity index is 363. The van der Waals surface area contributed by atoms with Crippen LogP contribution in [-0.2, 0) is 11.3 Å². The van der Waals surface area contributed by atoms with E-state index in [2.05, 4.69) is 5.10 Å². The van der Waals surface area contributed by atoms with Crippen LogP contribution in [0.1, 0.15) is 6.42 Å². The Balaban J connectivity index is 2.12. The molecule has 1 aromatic heterocycles. The van der Waals surface area contributed by atoms with Crippen molar-refractivity contribution < 1.29 is 9.90 Å². The Morgan fingerprint density at radius 1 is 1.67 bits per heavy atom. The Morgan fingerprint density at radius 2 is 2.47 bits per heavy atom. The predicted octanol–water partition coefficient (Wildman–Crippen LogP) is -1.06. The van der Waals surface area contributed by atoms with Gasteiger partial charge in [0.25, 0.3) is 0 Å². The molecule has 1 aliphatic heterocycles. The summed E-state index contributed by atoms with van der Waals surface area (Å²) in [7, 11) is 0. The highest BCUT2D eigenvalue weighted by Gasteiger charge is 2.28. The number of aromatic nitrogens is 2. The number of rotatable bonds is 3. The molecule has 2 rings (SSSR count). The first-order valence-electron chi connectivity index (χ1n) is 4.90. The number of nitrogens with zero attached hydrogens (tertiary/aromatic N) is 3. The predicted molar refractivity (Wildman–Crippen MR) is 54.3 cm³/mol. The summed E-state index contributed by atoms with van der Waals surface area (Å²) in [5, 5.41) is 12.8. The van der Waals surface area contributed by atoms with Crippen molar-refractivity contribution in [1.82, 2.24) is 9.78 Å². The van der Waals surface area contributed by atoms with Crippen LogP contribution in [0.4, 0.5) is 5.69 Å². The van der Waals surface area contributed by atoms with Crippen LogP contribution < -0.4 is 10.6 Å². The molecular formula is C9H14N4O2. The zero-order valence-corrected chi connectivity index (χ0v) is 8.33. The van der Waals surface area contributed by atoms with Gasteiger partial charge in [-0.15, -0.1) is 0 Å². The smallest absolute Gasteiger partial charge is 0.228 e. The molecule has 82 valence electrons. The maximum absolute atomic E-state index is 11.5. The number of carbonyl (C=O) groups excluding carboxylic acids is 1. The molecule has 0 bridgehead atoms. The lowest BCUT2D eigenvalue weighted by molar-refractivity contribution is -0.117. The van der Waals surface area contributed by atoms with Gasteiger partial charge < -0.3 is 15.7 Å². The number of aliphatic hydroxyl groups excluding tert-OH is 1. The monoisotopic (exact) mass is 210 g/mol. The van der Waals surface area contributed by atoms with E-state index < -0.39 is 0 Å². The second-order valence-corrected chi connectivity index (χ2v) is 3.65. The maximum atomic E-state index is 11.5. The number of hydrogen-bond acceptors (Lipinski definition) is 4. The van der Waals surface area contributed by atoms with Crippen molar-refractivity contribution in [3.8, 4) is 0 Å². The number of anilines is 1. The summed E-state index contributed by atoms with van der Waals surface area (Å²) in [5.41, 5.74) is 6.44. The van der Waals surface area contributed by atoms with E-state index in [9.17, 15) is 4.79 Å². The highest BCUT2D eigenvalue weighted by atomic mass is 16.3. The van der Waals surface area contributed by atoms with Gasteiger partial charge >= 0.3 is 0 Å². The lowest BCUT2D eigenvalue weighted by Crippen LogP contribution is -2.27. The molecule has 1 unspecified atom stereocenters. The Morgan fingerprint density at radius 3 is 3.07 bits per heavy atom. The van der Waals surface area contributed by atoms with Crippen molar-refractivity contribution in [2.45, 2.75) is 19.0 Å². The van der Waals surface area contributed by atoms with E-state index in [4.69, 9.17) is 10.8 Å². The molecule has 1 aliphatic rings. The van der Waals surface area contributed by atoms with Crippen molar-refractivity contribution in [2.75, 3.05) is 18.1 Å². The molecule has 0 spiro atoms. The molecule has 1 saturated heterocycles. The fourth-order valence-electron chi connectivity index (χ4n) is 1.70. The van der Waals surface area contributed by atoms with Crippen molar-refractivity contribution in [2.24, 2.45) is 5.73 Å². The first-order valence-corrected chi connectivity index (χ1v) is 4.90. The average Bonchev–Trinajstić information content (AvgIpc) is 2.73. The molecule has 2 heterocycles. The van der Waals surface area contributed by atoms with E-state index in [1.807, 2.05) is 0 Å². The molecule has 1 atom stereocenters. The molecule has 1 aromatic rings. The summed E-state index contributed by atoms with van der Waals surface area (Å²) >= 11 is 0. The minimum absolute atomic E-state index is 0.0334. The summed E-state index contributed by atoms with van der Waals surface area (Å²) in [4.78, 5) is 13.1. The van der Waals surface area contributed by atoms with Crippen LogP contribution in [0.15, 0.2) is 12.4 Å². The van der Waals surface area contributed by atoms with Crippen LogP contribution in [0.2, 0.25) is 0 Å². The van der Waals surface area contributed by atoms with Gasteiger partial charge in [-0.1, -0.05) is 0 Å². The van der Waals surface area contributed by atoms with Crippen molar-refractivity contribution in [1.29, 1.82) is 0 Å². The highest BCUT2D eigenvalue weighted by molar-refractivity contribution is 5.95. The molecular weight excluding hydrogens is 196 g/mol. The molecule has 0 aliphatic carbocycles. The molecule has 6 nitrogen and oxygen atoms in total. The Hall–Kier alpha value is -1.40. The van der Waals surface area contributed by atoms with Gasteiger partial charge in [-0.3, -0.25) is 9.48 Å². The van der Waals surface area contributed by atoms with Crippen LogP contribution in [0.5, 0.6) is 0 Å². The average molecular weight is 210 g/mol. The van der Waals surface area contributed by atoms with Crippen molar-refractivity contribution >= 4 is 11.6 Å². The molecule has 6 heteroatoms. The van der Waals surface area contributed by atoms with Gasteiger partial charge in [-0.25, -0.2) is 0 Å². The Kier molecular flexibility index (Phi) is 2.70. The van der Waals surface area contributed by atoms with Crippen LogP contribution in [0, 0.1) is 0 Å². The number of amides is 1. The Labute approximate surface area is 87.3 Å². The topological polar surface area (TPSA) is 84.4 Å². The van der Waals surface area contributed by atoms with Gasteiger partial charge in [0.05, 0.1) is 25.0 Å². The number of aliphatic hydroxyl groups is 1. The lowest BCUT2D eigenvalue weighted by atomic mass is 10.3. The zero-order valence-electron chi connectivity index (χ0n) is 8.33. The standard InChI is InChI=1S/C9H14N4O2/c10-7-3-9(15)13(5-7)8-4-11-12(6-8)1-2-14/h4,6-7,14H,1-3,5,10H2. The summed E-state index contributed by atoms with van der Waals surface area (Å²) in [5.74, 6) is 0.0334. The fraction of sp³-hybridized carbons (Fsp3) is 0.556. The summed E-state index contributed by atoms with van der Waals surface area (Å²) in [6.45, 7) is 1.02. The number of hydrogen-bond donors (Lipinski definition) is 2. The van der Waals surface area contributed by atoms with E-state index in [0.717, 1.165) is 5.69 Å².